The smallest absolute Gasteiger partial charge is 0.126 e. The molecule has 0 bridgehead atoms. The highest BCUT2D eigenvalue weighted by Gasteiger charge is 2.10. The Labute approximate surface area is 96.9 Å². The first kappa shape index (κ1) is 13.2. The van der Waals surface area contributed by atoms with Crippen LogP contribution in [-0.4, -0.2) is 9.96 Å². The monoisotopic (exact) mass is 243 g/mol. The summed E-state index contributed by atoms with van der Waals surface area (Å²) < 4.78 is 32.9. The summed E-state index contributed by atoms with van der Waals surface area (Å²) >= 11 is 0. The van der Waals surface area contributed by atoms with Gasteiger partial charge in [-0.05, 0) is 36.6 Å². The number of nitrogens with one attached hydrogen (secondary N) is 1. The molecule has 0 spiro atoms. The van der Waals surface area contributed by atoms with E-state index in [4.69, 9.17) is 4.78 Å². The standard InChI is InChI=1S/C12H18FNOS/c1-3-5-6-10-9-11(7-8-12(10)13)16(14,15)4-2/h7-9,14H,3-6H2,1-2H3. The Balaban J connectivity index is 3.07. The largest absolute Gasteiger partial charge is 0.249 e. The van der Waals surface area contributed by atoms with E-state index in [-0.39, 0.29) is 11.6 Å². The summed E-state index contributed by atoms with van der Waals surface area (Å²) in [4.78, 5) is 0.447. The Morgan fingerprint density at radius 3 is 2.62 bits per heavy atom. The van der Waals surface area contributed by atoms with Crippen molar-refractivity contribution in [3.8, 4) is 0 Å². The van der Waals surface area contributed by atoms with Crippen molar-refractivity contribution in [3.05, 3.63) is 29.6 Å². The predicted molar refractivity (Wildman–Crippen MR) is 64.7 cm³/mol. The maximum Gasteiger partial charge on any atom is 0.126 e. The fraction of sp³-hybridized carbons (Fsp3) is 0.500. The average Bonchev–Trinajstić information content (AvgIpc) is 2.27. The third-order valence-electron chi connectivity index (χ3n) is 2.60. The lowest BCUT2D eigenvalue weighted by atomic mass is 10.1. The van der Waals surface area contributed by atoms with E-state index in [9.17, 15) is 8.60 Å². The Kier molecular flexibility index (Phi) is 4.47. The van der Waals surface area contributed by atoms with E-state index < -0.39 is 9.73 Å². The first-order chi connectivity index (χ1) is 7.51. The molecule has 0 saturated heterocycles. The Bertz CT molecular complexity index is 454. The molecule has 1 aromatic rings. The van der Waals surface area contributed by atoms with Crippen molar-refractivity contribution in [1.82, 2.24) is 0 Å². The van der Waals surface area contributed by atoms with Crippen LogP contribution in [0.3, 0.4) is 0 Å². The van der Waals surface area contributed by atoms with Crippen molar-refractivity contribution in [2.45, 2.75) is 38.0 Å². The van der Waals surface area contributed by atoms with Gasteiger partial charge in [0.25, 0.3) is 0 Å². The molecule has 0 saturated carbocycles. The number of benzene rings is 1. The van der Waals surface area contributed by atoms with Gasteiger partial charge in [-0.15, -0.1) is 0 Å². The normalized spacial score (nSPS) is 14.7. The Morgan fingerprint density at radius 1 is 1.38 bits per heavy atom. The maximum atomic E-state index is 13.4. The summed E-state index contributed by atoms with van der Waals surface area (Å²) in [7, 11) is -2.73. The zero-order valence-corrected chi connectivity index (χ0v) is 10.6. The number of rotatable bonds is 5. The summed E-state index contributed by atoms with van der Waals surface area (Å²) in [5.74, 6) is 0.00905. The molecule has 1 atom stereocenters. The summed E-state index contributed by atoms with van der Waals surface area (Å²) in [6.45, 7) is 3.76. The lowest BCUT2D eigenvalue weighted by molar-refractivity contribution is 0.601. The van der Waals surface area contributed by atoms with Crippen LogP contribution in [-0.2, 0) is 16.1 Å². The SMILES string of the molecule is CCCCc1cc(S(=N)(=O)CC)ccc1F. The average molecular weight is 243 g/mol. The van der Waals surface area contributed by atoms with E-state index >= 15 is 0 Å². The molecule has 1 unspecified atom stereocenters. The van der Waals surface area contributed by atoms with Gasteiger partial charge in [0.15, 0.2) is 0 Å². The van der Waals surface area contributed by atoms with Gasteiger partial charge in [0, 0.05) is 10.6 Å². The molecule has 1 rings (SSSR count). The van der Waals surface area contributed by atoms with Gasteiger partial charge in [0.1, 0.15) is 5.82 Å². The third kappa shape index (κ3) is 3.04. The van der Waals surface area contributed by atoms with E-state index in [2.05, 4.69) is 0 Å². The molecule has 0 amide bonds. The topological polar surface area (TPSA) is 40.9 Å². The van der Waals surface area contributed by atoms with Crippen molar-refractivity contribution in [1.29, 1.82) is 4.78 Å². The Morgan fingerprint density at radius 2 is 2.06 bits per heavy atom. The first-order valence-electron chi connectivity index (χ1n) is 5.56. The number of unbranched alkanes of at least 4 members (excludes halogenated alkanes) is 1. The van der Waals surface area contributed by atoms with Crippen molar-refractivity contribution in [2.24, 2.45) is 0 Å². The molecule has 0 aliphatic carbocycles. The summed E-state index contributed by atoms with van der Waals surface area (Å²) in [5, 5.41) is 0. The van der Waals surface area contributed by atoms with Crippen LogP contribution in [0.2, 0.25) is 0 Å². The van der Waals surface area contributed by atoms with Gasteiger partial charge < -0.3 is 0 Å². The van der Waals surface area contributed by atoms with Crippen LogP contribution in [0.5, 0.6) is 0 Å². The summed E-state index contributed by atoms with van der Waals surface area (Å²) in [6.07, 6.45) is 2.55. The highest BCUT2D eigenvalue weighted by Crippen LogP contribution is 2.18. The van der Waals surface area contributed by atoms with Gasteiger partial charge in [0.05, 0.1) is 9.73 Å². The molecule has 2 nitrogen and oxygen atoms in total. The molecule has 0 heterocycles. The zero-order valence-electron chi connectivity index (χ0n) is 9.75. The van der Waals surface area contributed by atoms with Crippen molar-refractivity contribution < 1.29 is 8.60 Å². The molecular formula is C12H18FNOS. The van der Waals surface area contributed by atoms with Crippen LogP contribution in [0.4, 0.5) is 4.39 Å². The van der Waals surface area contributed by atoms with Gasteiger partial charge in [-0.1, -0.05) is 20.3 Å². The first-order valence-corrected chi connectivity index (χ1v) is 7.29. The fourth-order valence-electron chi connectivity index (χ4n) is 1.48. The van der Waals surface area contributed by atoms with Crippen LogP contribution in [0.25, 0.3) is 0 Å². The van der Waals surface area contributed by atoms with Crippen LogP contribution in [0.1, 0.15) is 32.3 Å². The minimum Gasteiger partial charge on any atom is -0.249 e. The second-order valence-corrected chi connectivity index (χ2v) is 6.22. The van der Waals surface area contributed by atoms with Crippen LogP contribution >= 0.6 is 0 Å². The van der Waals surface area contributed by atoms with Crippen LogP contribution in [0.15, 0.2) is 23.1 Å². The van der Waals surface area contributed by atoms with Gasteiger partial charge in [-0.25, -0.2) is 13.4 Å². The third-order valence-corrected chi connectivity index (χ3v) is 4.43. The summed E-state index contributed by atoms with van der Waals surface area (Å²) in [6, 6.07) is 4.37. The van der Waals surface area contributed by atoms with Crippen molar-refractivity contribution in [3.63, 3.8) is 0 Å². The minimum absolute atomic E-state index is 0.261. The van der Waals surface area contributed by atoms with E-state index in [0.29, 0.717) is 16.9 Å². The molecule has 0 radical (unpaired) electrons. The van der Waals surface area contributed by atoms with E-state index in [1.54, 1.807) is 13.0 Å². The van der Waals surface area contributed by atoms with E-state index in [1.807, 2.05) is 6.92 Å². The van der Waals surface area contributed by atoms with Crippen LogP contribution < -0.4 is 0 Å². The molecule has 1 aromatic carbocycles. The maximum absolute atomic E-state index is 13.4. The minimum atomic E-state index is -2.73. The fourth-order valence-corrected chi connectivity index (χ4v) is 2.44. The molecule has 0 aliphatic rings. The van der Waals surface area contributed by atoms with Crippen LogP contribution in [0, 0.1) is 10.6 Å². The number of halogens is 1. The highest BCUT2D eigenvalue weighted by molar-refractivity contribution is 7.92. The molecule has 0 aromatic heterocycles. The number of hydrogen-bond donors (Lipinski definition) is 1. The van der Waals surface area contributed by atoms with Gasteiger partial charge in [-0.2, -0.15) is 0 Å². The summed E-state index contributed by atoms with van der Waals surface area (Å²) in [5.41, 5.74) is 0.577. The van der Waals surface area contributed by atoms with E-state index in [1.165, 1.54) is 12.1 Å². The van der Waals surface area contributed by atoms with Crippen molar-refractivity contribution in [2.75, 3.05) is 5.75 Å². The molecule has 1 N–H and O–H groups in total. The number of aryl methyl sites for hydroxylation is 1. The molecule has 90 valence electrons. The Hall–Kier alpha value is -0.900. The van der Waals surface area contributed by atoms with Gasteiger partial charge in [0.2, 0.25) is 0 Å². The molecular weight excluding hydrogens is 225 g/mol. The van der Waals surface area contributed by atoms with Gasteiger partial charge in [-0.3, -0.25) is 0 Å². The molecule has 16 heavy (non-hydrogen) atoms. The second-order valence-electron chi connectivity index (χ2n) is 3.82. The molecule has 0 aliphatic heterocycles. The lowest BCUT2D eigenvalue weighted by Crippen LogP contribution is -2.03. The second kappa shape index (κ2) is 5.43. The number of hydrogen-bond acceptors (Lipinski definition) is 2. The van der Waals surface area contributed by atoms with Gasteiger partial charge >= 0.3 is 0 Å². The molecule has 0 fully saturated rings. The zero-order chi connectivity index (χ0) is 12.2. The quantitative estimate of drug-likeness (QED) is 0.843. The van der Waals surface area contributed by atoms with Crippen molar-refractivity contribution >= 4 is 9.73 Å². The predicted octanol–water partition coefficient (Wildman–Crippen LogP) is 3.59. The van der Waals surface area contributed by atoms with E-state index in [0.717, 1.165) is 12.8 Å². The highest BCUT2D eigenvalue weighted by atomic mass is 32.2. The lowest BCUT2D eigenvalue weighted by Gasteiger charge is -2.08. The molecule has 4 heteroatoms.